The van der Waals surface area contributed by atoms with Gasteiger partial charge in [-0.3, -0.25) is 0 Å². The molecular weight excluding hydrogens is 174 g/mol. The molecule has 0 aromatic carbocycles. The summed E-state index contributed by atoms with van der Waals surface area (Å²) in [6, 6.07) is 0.655. The van der Waals surface area contributed by atoms with E-state index >= 15 is 0 Å². The first-order valence-corrected chi connectivity index (χ1v) is 4.42. The first-order chi connectivity index (χ1) is 5.18. The third kappa shape index (κ3) is 4.26. The first-order valence-electron chi connectivity index (χ1n) is 4.42. The van der Waals surface area contributed by atoms with E-state index in [1.807, 2.05) is 6.92 Å². The maximum absolute atomic E-state index is 5.82. The second kappa shape index (κ2) is 5.75. The molecule has 12 heavy (non-hydrogen) atoms. The van der Waals surface area contributed by atoms with Crippen LogP contribution in [0.2, 0.25) is 0 Å². The molecule has 1 rings (SSSR count). The molecule has 0 bridgehead atoms. The van der Waals surface area contributed by atoms with Gasteiger partial charge < -0.3 is 16.4 Å². The van der Waals surface area contributed by atoms with E-state index < -0.39 is 0 Å². The van der Waals surface area contributed by atoms with E-state index in [0.29, 0.717) is 6.04 Å². The van der Waals surface area contributed by atoms with Crippen LogP contribution in [0.15, 0.2) is 0 Å². The average Bonchev–Trinajstić information content (AvgIpc) is 1.85. The zero-order valence-corrected chi connectivity index (χ0v) is 8.52. The van der Waals surface area contributed by atoms with E-state index in [-0.39, 0.29) is 18.4 Å². The maximum atomic E-state index is 5.82. The van der Waals surface area contributed by atoms with Crippen molar-refractivity contribution in [3.63, 3.8) is 0 Å². The normalized spacial score (nSPS) is 27.8. The van der Waals surface area contributed by atoms with Crippen LogP contribution in [0.4, 0.5) is 0 Å². The molecule has 0 spiro atoms. The highest BCUT2D eigenvalue weighted by Gasteiger charge is 2.16. The van der Waals surface area contributed by atoms with Gasteiger partial charge in [0.05, 0.1) is 0 Å². The smallest absolute Gasteiger partial charge is 0.0168 e. The lowest BCUT2D eigenvalue weighted by Gasteiger charge is -2.31. The van der Waals surface area contributed by atoms with E-state index in [0.717, 1.165) is 13.1 Å². The van der Waals surface area contributed by atoms with Crippen molar-refractivity contribution in [2.45, 2.75) is 31.8 Å². The van der Waals surface area contributed by atoms with Gasteiger partial charge in [0.1, 0.15) is 0 Å². The molecule has 1 heterocycles. The molecule has 1 aliphatic rings. The van der Waals surface area contributed by atoms with E-state index in [4.69, 9.17) is 11.5 Å². The van der Waals surface area contributed by atoms with Gasteiger partial charge in [0, 0.05) is 25.2 Å². The van der Waals surface area contributed by atoms with Crippen LogP contribution in [-0.2, 0) is 0 Å². The summed E-state index contributed by atoms with van der Waals surface area (Å²) in [5, 5.41) is 0. The Kier molecular flexibility index (Phi) is 5.84. The van der Waals surface area contributed by atoms with Crippen LogP contribution in [0, 0.1) is 0 Å². The van der Waals surface area contributed by atoms with Crippen molar-refractivity contribution in [3.8, 4) is 0 Å². The van der Waals surface area contributed by atoms with Crippen molar-refractivity contribution < 1.29 is 0 Å². The predicted octanol–water partition coefficient (Wildman–Crippen LogP) is 0.179. The highest BCUT2D eigenvalue weighted by molar-refractivity contribution is 5.85. The Balaban J connectivity index is 0.00000121. The lowest BCUT2D eigenvalue weighted by molar-refractivity contribution is 0.201. The monoisotopic (exact) mass is 193 g/mol. The lowest BCUT2D eigenvalue weighted by Crippen LogP contribution is -2.46. The molecule has 2 unspecified atom stereocenters. The van der Waals surface area contributed by atoms with Gasteiger partial charge in [-0.05, 0) is 26.3 Å². The molecular formula is C8H20ClN3. The number of likely N-dealkylation sites (tertiary alicyclic amines) is 1. The molecule has 1 fully saturated rings. The highest BCUT2D eigenvalue weighted by atomic mass is 35.5. The Morgan fingerprint density at radius 2 is 2.25 bits per heavy atom. The third-order valence-corrected chi connectivity index (χ3v) is 2.09. The molecule has 0 saturated carbocycles. The van der Waals surface area contributed by atoms with Gasteiger partial charge in [-0.15, -0.1) is 12.4 Å². The summed E-state index contributed by atoms with van der Waals surface area (Å²) in [7, 11) is 0. The van der Waals surface area contributed by atoms with E-state index in [9.17, 15) is 0 Å². The molecule has 4 N–H and O–H groups in total. The number of nitrogens with zero attached hydrogens (tertiary/aromatic N) is 1. The fourth-order valence-electron chi connectivity index (χ4n) is 1.66. The molecule has 0 aromatic heterocycles. The largest absolute Gasteiger partial charge is 0.327 e. The Hall–Kier alpha value is 0.170. The number of halogens is 1. The number of hydrogen-bond donors (Lipinski definition) is 2. The van der Waals surface area contributed by atoms with Crippen LogP contribution < -0.4 is 11.5 Å². The van der Waals surface area contributed by atoms with Crippen molar-refractivity contribution in [3.05, 3.63) is 0 Å². The summed E-state index contributed by atoms with van der Waals surface area (Å²) in [5.41, 5.74) is 11.5. The van der Waals surface area contributed by atoms with E-state index in [1.165, 1.54) is 19.4 Å². The minimum atomic E-state index is 0. The molecule has 0 amide bonds. The average molecular weight is 194 g/mol. The Morgan fingerprint density at radius 3 is 2.75 bits per heavy atom. The van der Waals surface area contributed by atoms with Gasteiger partial charge in [0.15, 0.2) is 0 Å². The molecule has 0 aliphatic carbocycles. The molecule has 0 radical (unpaired) electrons. The maximum Gasteiger partial charge on any atom is 0.0168 e. The predicted molar refractivity (Wildman–Crippen MR) is 54.5 cm³/mol. The number of rotatable bonds is 2. The number of hydrogen-bond acceptors (Lipinski definition) is 3. The van der Waals surface area contributed by atoms with Crippen molar-refractivity contribution in [2.24, 2.45) is 11.5 Å². The van der Waals surface area contributed by atoms with Crippen molar-refractivity contribution in [1.29, 1.82) is 0 Å². The molecule has 1 saturated heterocycles. The number of nitrogens with two attached hydrogens (primary N) is 2. The molecule has 4 heteroatoms. The van der Waals surface area contributed by atoms with E-state index in [1.54, 1.807) is 0 Å². The summed E-state index contributed by atoms with van der Waals surface area (Å²) in [6.07, 6.45) is 2.41. The molecule has 3 nitrogen and oxygen atoms in total. The molecule has 0 aromatic rings. The minimum absolute atomic E-state index is 0. The van der Waals surface area contributed by atoms with Crippen LogP contribution in [-0.4, -0.2) is 36.6 Å². The topological polar surface area (TPSA) is 55.3 Å². The second-order valence-electron chi connectivity index (χ2n) is 3.64. The minimum Gasteiger partial charge on any atom is -0.327 e. The molecule has 74 valence electrons. The van der Waals surface area contributed by atoms with Gasteiger partial charge in [0.2, 0.25) is 0 Å². The van der Waals surface area contributed by atoms with Crippen molar-refractivity contribution >= 4 is 12.4 Å². The lowest BCUT2D eigenvalue weighted by atomic mass is 10.1. The zero-order valence-electron chi connectivity index (χ0n) is 7.70. The van der Waals surface area contributed by atoms with Gasteiger partial charge >= 0.3 is 0 Å². The van der Waals surface area contributed by atoms with Crippen LogP contribution in [0.3, 0.4) is 0 Å². The summed E-state index contributed by atoms with van der Waals surface area (Å²) in [4.78, 5) is 2.36. The second-order valence-corrected chi connectivity index (χ2v) is 3.64. The quantitative estimate of drug-likeness (QED) is 0.658. The van der Waals surface area contributed by atoms with Gasteiger partial charge in [-0.25, -0.2) is 0 Å². The fraction of sp³-hybridized carbons (Fsp3) is 1.00. The summed E-state index contributed by atoms with van der Waals surface area (Å²) in [6.45, 7) is 5.24. The first kappa shape index (κ1) is 12.2. The van der Waals surface area contributed by atoms with Crippen molar-refractivity contribution in [2.75, 3.05) is 19.6 Å². The summed E-state index contributed by atoms with van der Waals surface area (Å²) >= 11 is 0. The third-order valence-electron chi connectivity index (χ3n) is 2.09. The van der Waals surface area contributed by atoms with Crippen LogP contribution in [0.5, 0.6) is 0 Å². The Morgan fingerprint density at radius 1 is 1.58 bits per heavy atom. The van der Waals surface area contributed by atoms with Crippen LogP contribution in [0.25, 0.3) is 0 Å². The van der Waals surface area contributed by atoms with Crippen molar-refractivity contribution in [1.82, 2.24) is 4.90 Å². The van der Waals surface area contributed by atoms with Gasteiger partial charge in [0.25, 0.3) is 0 Å². The standard InChI is InChI=1S/C8H19N3.ClH/c1-7(9)5-11-4-2-3-8(10)6-11;/h7-8H,2-6,9-10H2,1H3;1H. The summed E-state index contributed by atoms with van der Waals surface area (Å²) < 4.78 is 0. The van der Waals surface area contributed by atoms with Crippen LogP contribution in [0.1, 0.15) is 19.8 Å². The number of piperidine rings is 1. The Bertz CT molecular complexity index is 117. The molecule has 2 atom stereocenters. The zero-order chi connectivity index (χ0) is 8.27. The van der Waals surface area contributed by atoms with E-state index in [2.05, 4.69) is 4.90 Å². The fourth-order valence-corrected chi connectivity index (χ4v) is 1.66. The van der Waals surface area contributed by atoms with Gasteiger partial charge in [-0.2, -0.15) is 0 Å². The molecule has 1 aliphatic heterocycles. The summed E-state index contributed by atoms with van der Waals surface area (Å²) in [5.74, 6) is 0. The SMILES string of the molecule is CC(N)CN1CCCC(N)C1.Cl. The van der Waals surface area contributed by atoms with Crippen LogP contribution >= 0.6 is 12.4 Å². The highest BCUT2D eigenvalue weighted by Crippen LogP contribution is 2.07. The van der Waals surface area contributed by atoms with Gasteiger partial charge in [-0.1, -0.05) is 0 Å². The Labute approximate surface area is 80.9 Å².